The number of nitrogens with one attached hydrogen (secondary N) is 1. The highest BCUT2D eigenvalue weighted by molar-refractivity contribution is 6.00. The number of piperidine rings is 1. The maximum Gasteiger partial charge on any atom is 0.225 e. The summed E-state index contributed by atoms with van der Waals surface area (Å²) in [5.74, 6) is 0.0729. The van der Waals surface area contributed by atoms with Crippen molar-refractivity contribution in [3.8, 4) is 6.07 Å². The second-order valence-corrected chi connectivity index (χ2v) is 5.65. The molecule has 0 aliphatic carbocycles. The number of anilines is 1. The third-order valence-electron chi connectivity index (χ3n) is 4.42. The van der Waals surface area contributed by atoms with Crippen LogP contribution in [0.25, 0.3) is 0 Å². The number of ketones is 1. The molecule has 2 unspecified atom stereocenters. The number of hydrogen-bond acceptors (Lipinski definition) is 4. The SMILES string of the molecule is CC(=O)c1ccc(C#N)cc1N1CCCC2C(=O)NCC21. The average molecular weight is 283 g/mol. The van der Waals surface area contributed by atoms with Gasteiger partial charge in [-0.3, -0.25) is 9.59 Å². The van der Waals surface area contributed by atoms with Crippen LogP contribution in [0.4, 0.5) is 5.69 Å². The summed E-state index contributed by atoms with van der Waals surface area (Å²) < 4.78 is 0. The number of fused-ring (bicyclic) bond motifs is 1. The van der Waals surface area contributed by atoms with Crippen LogP contribution < -0.4 is 10.2 Å². The minimum Gasteiger partial charge on any atom is -0.365 e. The van der Waals surface area contributed by atoms with Gasteiger partial charge in [0.2, 0.25) is 5.91 Å². The molecular formula is C16H17N3O2. The van der Waals surface area contributed by atoms with Crippen molar-refractivity contribution in [3.63, 3.8) is 0 Å². The Morgan fingerprint density at radius 3 is 3.00 bits per heavy atom. The molecular weight excluding hydrogens is 266 g/mol. The van der Waals surface area contributed by atoms with Crippen LogP contribution >= 0.6 is 0 Å². The fraction of sp³-hybridized carbons (Fsp3) is 0.438. The molecule has 0 spiro atoms. The van der Waals surface area contributed by atoms with Crippen molar-refractivity contribution < 1.29 is 9.59 Å². The lowest BCUT2D eigenvalue weighted by Gasteiger charge is -2.38. The third kappa shape index (κ3) is 2.27. The van der Waals surface area contributed by atoms with Gasteiger partial charge in [-0.1, -0.05) is 0 Å². The number of carbonyl (C=O) groups excluding carboxylic acids is 2. The van der Waals surface area contributed by atoms with Crippen LogP contribution in [0.3, 0.4) is 0 Å². The van der Waals surface area contributed by atoms with Crippen LogP contribution in [0.2, 0.25) is 0 Å². The molecule has 1 amide bonds. The molecule has 1 aromatic carbocycles. The normalized spacial score (nSPS) is 24.2. The minimum atomic E-state index is -0.0195. The van der Waals surface area contributed by atoms with Gasteiger partial charge in [-0.25, -0.2) is 0 Å². The summed E-state index contributed by atoms with van der Waals surface area (Å²) >= 11 is 0. The molecule has 2 atom stereocenters. The largest absolute Gasteiger partial charge is 0.365 e. The smallest absolute Gasteiger partial charge is 0.225 e. The van der Waals surface area contributed by atoms with E-state index in [1.54, 1.807) is 18.2 Å². The molecule has 0 radical (unpaired) electrons. The summed E-state index contributed by atoms with van der Waals surface area (Å²) in [7, 11) is 0. The van der Waals surface area contributed by atoms with Crippen LogP contribution in [-0.4, -0.2) is 30.8 Å². The van der Waals surface area contributed by atoms with E-state index < -0.39 is 0 Å². The molecule has 0 bridgehead atoms. The van der Waals surface area contributed by atoms with Crippen LogP contribution in [0.5, 0.6) is 0 Å². The molecule has 2 fully saturated rings. The summed E-state index contributed by atoms with van der Waals surface area (Å²) in [4.78, 5) is 25.9. The first-order chi connectivity index (χ1) is 10.1. The Labute approximate surface area is 123 Å². The monoisotopic (exact) mass is 283 g/mol. The van der Waals surface area contributed by atoms with E-state index in [1.165, 1.54) is 6.92 Å². The van der Waals surface area contributed by atoms with Gasteiger partial charge in [-0.2, -0.15) is 5.26 Å². The first-order valence-electron chi connectivity index (χ1n) is 7.21. The highest BCUT2D eigenvalue weighted by Crippen LogP contribution is 2.34. The lowest BCUT2D eigenvalue weighted by atomic mass is 9.90. The van der Waals surface area contributed by atoms with Gasteiger partial charge in [0.1, 0.15) is 0 Å². The Bertz CT molecular complexity index is 647. The van der Waals surface area contributed by atoms with E-state index >= 15 is 0 Å². The van der Waals surface area contributed by atoms with Gasteiger partial charge >= 0.3 is 0 Å². The maximum absolute atomic E-state index is 11.9. The molecule has 21 heavy (non-hydrogen) atoms. The van der Waals surface area contributed by atoms with Crippen LogP contribution in [0, 0.1) is 17.2 Å². The van der Waals surface area contributed by atoms with Crippen LogP contribution in [-0.2, 0) is 4.79 Å². The Morgan fingerprint density at radius 2 is 2.29 bits per heavy atom. The van der Waals surface area contributed by atoms with E-state index in [1.807, 2.05) is 0 Å². The van der Waals surface area contributed by atoms with Gasteiger partial charge in [0.15, 0.2) is 5.78 Å². The fourth-order valence-electron chi connectivity index (χ4n) is 3.39. The number of benzene rings is 1. The molecule has 2 aliphatic heterocycles. The quantitative estimate of drug-likeness (QED) is 0.834. The van der Waals surface area contributed by atoms with Gasteiger partial charge in [-0.15, -0.1) is 0 Å². The second kappa shape index (κ2) is 5.21. The van der Waals surface area contributed by atoms with Crippen molar-refractivity contribution in [2.45, 2.75) is 25.8 Å². The molecule has 5 heteroatoms. The molecule has 1 aromatic rings. The summed E-state index contributed by atoms with van der Waals surface area (Å²) in [6.45, 7) is 2.95. The molecule has 0 aromatic heterocycles. The van der Waals surface area contributed by atoms with Crippen molar-refractivity contribution in [2.75, 3.05) is 18.0 Å². The number of rotatable bonds is 2. The van der Waals surface area contributed by atoms with E-state index in [9.17, 15) is 9.59 Å². The predicted molar refractivity (Wildman–Crippen MR) is 78.0 cm³/mol. The molecule has 2 saturated heterocycles. The van der Waals surface area contributed by atoms with Crippen LogP contribution in [0.15, 0.2) is 18.2 Å². The van der Waals surface area contributed by atoms with Gasteiger partial charge in [0.05, 0.1) is 23.6 Å². The third-order valence-corrected chi connectivity index (χ3v) is 4.42. The highest BCUT2D eigenvalue weighted by Gasteiger charge is 2.41. The van der Waals surface area contributed by atoms with Crippen molar-refractivity contribution >= 4 is 17.4 Å². The Hall–Kier alpha value is -2.35. The van der Waals surface area contributed by atoms with Gasteiger partial charge in [0, 0.05) is 24.3 Å². The van der Waals surface area contributed by atoms with Crippen molar-refractivity contribution in [1.29, 1.82) is 5.26 Å². The maximum atomic E-state index is 11.9. The highest BCUT2D eigenvalue weighted by atomic mass is 16.2. The zero-order valence-corrected chi connectivity index (χ0v) is 11.9. The number of carbonyl (C=O) groups is 2. The first kappa shape index (κ1) is 13.6. The number of nitriles is 1. The molecule has 5 nitrogen and oxygen atoms in total. The lowest BCUT2D eigenvalue weighted by molar-refractivity contribution is -0.122. The second-order valence-electron chi connectivity index (χ2n) is 5.65. The predicted octanol–water partition coefficient (Wildman–Crippen LogP) is 1.48. The average Bonchev–Trinajstić information content (AvgIpc) is 2.88. The zero-order chi connectivity index (χ0) is 15.0. The van der Waals surface area contributed by atoms with Crippen molar-refractivity contribution in [2.24, 2.45) is 5.92 Å². The molecule has 1 N–H and O–H groups in total. The van der Waals surface area contributed by atoms with E-state index in [2.05, 4.69) is 16.3 Å². The van der Waals surface area contributed by atoms with E-state index in [4.69, 9.17) is 5.26 Å². The molecule has 2 aliphatic rings. The number of nitrogens with zero attached hydrogens (tertiary/aromatic N) is 2. The van der Waals surface area contributed by atoms with E-state index in [0.29, 0.717) is 17.7 Å². The Morgan fingerprint density at radius 1 is 1.48 bits per heavy atom. The molecule has 3 rings (SSSR count). The summed E-state index contributed by atoms with van der Waals surface area (Å²) in [6.07, 6.45) is 1.81. The van der Waals surface area contributed by atoms with E-state index in [-0.39, 0.29) is 23.7 Å². The van der Waals surface area contributed by atoms with E-state index in [0.717, 1.165) is 25.1 Å². The fourth-order valence-corrected chi connectivity index (χ4v) is 3.39. The number of Topliss-reactive ketones (excluding diaryl/α,β-unsaturated/α-hetero) is 1. The van der Waals surface area contributed by atoms with Gasteiger partial charge in [0.25, 0.3) is 0 Å². The molecule has 108 valence electrons. The summed E-state index contributed by atoms with van der Waals surface area (Å²) in [5.41, 5.74) is 1.94. The van der Waals surface area contributed by atoms with Gasteiger partial charge in [-0.05, 0) is 38.0 Å². The van der Waals surface area contributed by atoms with Gasteiger partial charge < -0.3 is 10.2 Å². The number of amides is 1. The first-order valence-corrected chi connectivity index (χ1v) is 7.21. The summed E-state index contributed by atoms with van der Waals surface area (Å²) in [5, 5.41) is 12.0. The van der Waals surface area contributed by atoms with Crippen molar-refractivity contribution in [1.82, 2.24) is 5.32 Å². The van der Waals surface area contributed by atoms with Crippen LogP contribution in [0.1, 0.15) is 35.7 Å². The molecule has 2 heterocycles. The molecule has 0 saturated carbocycles. The Balaban J connectivity index is 2.04. The lowest BCUT2D eigenvalue weighted by Crippen LogP contribution is -2.46. The van der Waals surface area contributed by atoms with Crippen molar-refractivity contribution in [3.05, 3.63) is 29.3 Å². The zero-order valence-electron chi connectivity index (χ0n) is 11.9. The summed E-state index contributed by atoms with van der Waals surface area (Å²) in [6, 6.07) is 7.35. The minimum absolute atomic E-state index is 0.00991. The standard InChI is InChI=1S/C16H17N3O2/c1-10(20)12-5-4-11(8-17)7-14(12)19-6-2-3-13-15(19)9-18-16(13)21/h4-5,7,13,15H,2-3,6,9H2,1H3,(H,18,21). The number of hydrogen-bond donors (Lipinski definition) is 1. The topological polar surface area (TPSA) is 73.2 Å². The Kier molecular flexibility index (Phi) is 3.38.